The second-order valence-corrected chi connectivity index (χ2v) is 4.50. The van der Waals surface area contributed by atoms with Gasteiger partial charge in [-0.05, 0) is 0 Å². The number of carbonyl (C=O) groups is 4. The van der Waals surface area contributed by atoms with E-state index in [1.54, 1.807) is 0 Å². The molecule has 0 aromatic carbocycles. The van der Waals surface area contributed by atoms with Crippen LogP contribution < -0.4 is 5.32 Å². The lowest BCUT2D eigenvalue weighted by molar-refractivity contribution is -0.135. The molecule has 8 nitrogen and oxygen atoms in total. The molecule has 0 atom stereocenters. The molecule has 0 bridgehead atoms. The third kappa shape index (κ3) is 2.35. The molecule has 0 radical (unpaired) electrons. The summed E-state index contributed by atoms with van der Waals surface area (Å²) >= 11 is 0.700. The minimum absolute atomic E-state index is 0.0786. The zero-order valence-electron chi connectivity index (χ0n) is 8.87. The van der Waals surface area contributed by atoms with Crippen molar-refractivity contribution in [3.63, 3.8) is 0 Å². The van der Waals surface area contributed by atoms with Gasteiger partial charge in [0.05, 0.1) is 6.20 Å². The minimum atomic E-state index is -1.23. The average Bonchev–Trinajstić information content (AvgIpc) is 2.75. The van der Waals surface area contributed by atoms with Crippen LogP contribution in [0.5, 0.6) is 0 Å². The summed E-state index contributed by atoms with van der Waals surface area (Å²) in [4.78, 5) is 49.4. The number of aromatic nitrogens is 1. The Balaban J connectivity index is 2.17. The maximum absolute atomic E-state index is 11.9. The second kappa shape index (κ2) is 4.53. The maximum Gasteiger partial charge on any atom is 0.365 e. The van der Waals surface area contributed by atoms with Crippen LogP contribution >= 0.6 is 11.3 Å². The smallest absolute Gasteiger partial charge is 0.365 e. The third-order valence-corrected chi connectivity index (χ3v) is 3.11. The van der Waals surface area contributed by atoms with Crippen molar-refractivity contribution in [1.82, 2.24) is 15.2 Å². The summed E-state index contributed by atoms with van der Waals surface area (Å²) in [7, 11) is 0. The van der Waals surface area contributed by atoms with Crippen LogP contribution in [0.1, 0.15) is 19.5 Å². The van der Waals surface area contributed by atoms with E-state index in [2.05, 4.69) is 10.3 Å². The summed E-state index contributed by atoms with van der Waals surface area (Å²) in [5, 5.41) is 10.5. The summed E-state index contributed by atoms with van der Waals surface area (Å²) in [5.41, 5.74) is 0. The third-order valence-electron chi connectivity index (χ3n) is 2.13. The standard InChI is InChI=1S/C9H7N3O5S/c13-5-2-12(3-6(14)11-5)8(15)4-1-10-7(18-4)9(16)17/h1H,2-3H2,(H,16,17)(H,11,13,14). The number of aromatic carboxylic acids is 1. The van der Waals surface area contributed by atoms with Gasteiger partial charge in [0, 0.05) is 0 Å². The molecule has 0 unspecified atom stereocenters. The van der Waals surface area contributed by atoms with Crippen molar-refractivity contribution >= 4 is 35.0 Å². The van der Waals surface area contributed by atoms with Gasteiger partial charge in [0.15, 0.2) is 0 Å². The Morgan fingerprint density at radius 3 is 2.44 bits per heavy atom. The van der Waals surface area contributed by atoms with Crippen LogP contribution in [-0.4, -0.2) is 51.8 Å². The van der Waals surface area contributed by atoms with Gasteiger partial charge in [0.1, 0.15) is 18.0 Å². The molecule has 9 heteroatoms. The number of hydrogen-bond donors (Lipinski definition) is 2. The van der Waals surface area contributed by atoms with Crippen LogP contribution in [0.15, 0.2) is 6.20 Å². The monoisotopic (exact) mass is 269 g/mol. The van der Waals surface area contributed by atoms with Crippen LogP contribution in [-0.2, 0) is 9.59 Å². The number of thiazole rings is 1. The zero-order chi connectivity index (χ0) is 13.3. The van der Waals surface area contributed by atoms with Crippen molar-refractivity contribution < 1.29 is 24.3 Å². The van der Waals surface area contributed by atoms with Gasteiger partial charge in [-0.3, -0.25) is 19.7 Å². The largest absolute Gasteiger partial charge is 0.476 e. The molecule has 1 saturated heterocycles. The summed E-state index contributed by atoms with van der Waals surface area (Å²) in [6.07, 6.45) is 1.12. The summed E-state index contributed by atoms with van der Waals surface area (Å²) in [6, 6.07) is 0. The fourth-order valence-electron chi connectivity index (χ4n) is 1.41. The molecule has 3 amide bonds. The number of carbonyl (C=O) groups excluding carboxylic acids is 3. The Hall–Kier alpha value is -2.29. The van der Waals surface area contributed by atoms with Crippen molar-refractivity contribution in [2.45, 2.75) is 0 Å². The van der Waals surface area contributed by atoms with E-state index in [4.69, 9.17) is 5.11 Å². The molecule has 0 saturated carbocycles. The first-order chi connectivity index (χ1) is 8.47. The van der Waals surface area contributed by atoms with Crippen molar-refractivity contribution in [3.05, 3.63) is 16.1 Å². The van der Waals surface area contributed by atoms with E-state index < -0.39 is 23.7 Å². The predicted octanol–water partition coefficient (Wildman–Crippen LogP) is -1.06. The van der Waals surface area contributed by atoms with Gasteiger partial charge in [-0.25, -0.2) is 9.78 Å². The lowest BCUT2D eigenvalue weighted by Gasteiger charge is -2.24. The number of amides is 3. The summed E-state index contributed by atoms with van der Waals surface area (Å²) in [5.74, 6) is -2.94. The number of nitrogens with one attached hydrogen (secondary N) is 1. The average molecular weight is 269 g/mol. The first-order valence-corrected chi connectivity index (χ1v) is 5.60. The number of carboxylic acid groups (broad SMARTS) is 1. The van der Waals surface area contributed by atoms with E-state index in [1.807, 2.05) is 0 Å². The first kappa shape index (κ1) is 12.2. The van der Waals surface area contributed by atoms with Crippen molar-refractivity contribution in [2.24, 2.45) is 0 Å². The molecular formula is C9H7N3O5S. The number of rotatable bonds is 2. The van der Waals surface area contributed by atoms with Gasteiger partial charge in [-0.1, -0.05) is 0 Å². The van der Waals surface area contributed by atoms with Gasteiger partial charge < -0.3 is 10.0 Å². The Kier molecular flexibility index (Phi) is 3.06. The number of piperazine rings is 1. The van der Waals surface area contributed by atoms with Crippen molar-refractivity contribution in [2.75, 3.05) is 13.1 Å². The minimum Gasteiger partial charge on any atom is -0.476 e. The van der Waals surface area contributed by atoms with E-state index >= 15 is 0 Å². The molecule has 1 aromatic heterocycles. The highest BCUT2D eigenvalue weighted by molar-refractivity contribution is 7.15. The quantitative estimate of drug-likeness (QED) is 0.661. The molecule has 0 spiro atoms. The fourth-order valence-corrected chi connectivity index (χ4v) is 2.13. The molecule has 94 valence electrons. The number of nitrogens with zero attached hydrogens (tertiary/aromatic N) is 2. The van der Waals surface area contributed by atoms with Crippen LogP contribution in [0, 0.1) is 0 Å². The Morgan fingerprint density at radius 1 is 1.33 bits per heavy atom. The topological polar surface area (TPSA) is 117 Å². The van der Waals surface area contributed by atoms with Crippen LogP contribution in [0.2, 0.25) is 0 Å². The molecule has 1 aromatic rings. The Bertz CT molecular complexity index is 536. The Morgan fingerprint density at radius 2 is 1.94 bits per heavy atom. The van der Waals surface area contributed by atoms with Gasteiger partial charge in [-0.15, -0.1) is 11.3 Å². The summed E-state index contributed by atoms with van der Waals surface area (Å²) in [6.45, 7) is -0.463. The Labute approximate surface area is 104 Å². The molecule has 1 fully saturated rings. The van der Waals surface area contributed by atoms with Crippen molar-refractivity contribution in [1.29, 1.82) is 0 Å². The van der Waals surface area contributed by atoms with Gasteiger partial charge >= 0.3 is 5.97 Å². The van der Waals surface area contributed by atoms with E-state index in [1.165, 1.54) is 0 Å². The van der Waals surface area contributed by atoms with E-state index in [0.29, 0.717) is 11.3 Å². The first-order valence-electron chi connectivity index (χ1n) is 4.78. The lowest BCUT2D eigenvalue weighted by atomic mass is 10.3. The van der Waals surface area contributed by atoms with Gasteiger partial charge in [0.2, 0.25) is 16.8 Å². The maximum atomic E-state index is 11.9. The molecule has 2 rings (SSSR count). The SMILES string of the molecule is O=C1CN(C(=O)c2cnc(C(=O)O)s2)CC(=O)N1. The molecular weight excluding hydrogens is 262 g/mol. The molecule has 2 heterocycles. The molecule has 2 N–H and O–H groups in total. The zero-order valence-corrected chi connectivity index (χ0v) is 9.69. The van der Waals surface area contributed by atoms with Gasteiger partial charge in [-0.2, -0.15) is 0 Å². The van der Waals surface area contributed by atoms with Gasteiger partial charge in [0.25, 0.3) is 5.91 Å². The highest BCUT2D eigenvalue weighted by atomic mass is 32.1. The number of imide groups is 1. The molecule has 0 aliphatic carbocycles. The highest BCUT2D eigenvalue weighted by Gasteiger charge is 2.28. The fraction of sp³-hybridized carbons (Fsp3) is 0.222. The molecule has 18 heavy (non-hydrogen) atoms. The predicted molar refractivity (Wildman–Crippen MR) is 58.1 cm³/mol. The normalized spacial score (nSPS) is 15.4. The van der Waals surface area contributed by atoms with E-state index in [0.717, 1.165) is 11.1 Å². The van der Waals surface area contributed by atoms with E-state index in [-0.39, 0.29) is 23.0 Å². The summed E-state index contributed by atoms with van der Waals surface area (Å²) < 4.78 is 0. The van der Waals surface area contributed by atoms with Crippen molar-refractivity contribution in [3.8, 4) is 0 Å². The van der Waals surface area contributed by atoms with Crippen LogP contribution in [0.4, 0.5) is 0 Å². The lowest BCUT2D eigenvalue weighted by Crippen LogP contribution is -2.53. The molecule has 1 aliphatic rings. The van der Waals surface area contributed by atoms with Crippen LogP contribution in [0.25, 0.3) is 0 Å². The number of hydrogen-bond acceptors (Lipinski definition) is 6. The second-order valence-electron chi connectivity index (χ2n) is 3.47. The highest BCUT2D eigenvalue weighted by Crippen LogP contribution is 2.15. The van der Waals surface area contributed by atoms with E-state index in [9.17, 15) is 19.2 Å². The van der Waals surface area contributed by atoms with Crippen LogP contribution in [0.3, 0.4) is 0 Å². The molecule has 1 aliphatic heterocycles. The number of carboxylic acids is 1.